The molecule has 12 atom stereocenters. The molecule has 1 aromatic rings. The van der Waals surface area contributed by atoms with Crippen LogP contribution < -0.4 is 4.74 Å². The molecule has 5 nitrogen and oxygen atoms in total. The molecule has 1 aromatic carbocycles. The molecule has 4 aliphatic carbocycles. The summed E-state index contributed by atoms with van der Waals surface area (Å²) in [6.07, 6.45) is 12.4. The molecule has 0 aromatic heterocycles. The first-order chi connectivity index (χ1) is 19.2. The van der Waals surface area contributed by atoms with Gasteiger partial charge in [0.15, 0.2) is 5.79 Å². The van der Waals surface area contributed by atoms with Crippen molar-refractivity contribution in [3.8, 4) is 5.75 Å². The van der Waals surface area contributed by atoms with Gasteiger partial charge in [-0.15, -0.1) is 0 Å². The zero-order valence-corrected chi connectivity index (χ0v) is 25.3. The Kier molecular flexibility index (Phi) is 6.63. The number of fused-ring (bicyclic) bond motifs is 7. The Morgan fingerprint density at radius 1 is 0.900 bits per heavy atom. The van der Waals surface area contributed by atoms with Gasteiger partial charge < -0.3 is 18.9 Å². The van der Waals surface area contributed by atoms with Crippen molar-refractivity contribution in [2.45, 2.75) is 110 Å². The van der Waals surface area contributed by atoms with E-state index in [1.165, 1.54) is 44.9 Å². The largest absolute Gasteiger partial charge is 0.497 e. The molecule has 0 radical (unpaired) electrons. The number of hydrogen-bond donors (Lipinski definition) is 0. The third-order valence-corrected chi connectivity index (χ3v) is 13.5. The van der Waals surface area contributed by atoms with E-state index in [0.717, 1.165) is 49.4 Å². The van der Waals surface area contributed by atoms with E-state index in [1.807, 2.05) is 24.3 Å². The second kappa shape index (κ2) is 9.73. The molecule has 4 saturated carbocycles. The Balaban J connectivity index is 1.03. The van der Waals surface area contributed by atoms with Gasteiger partial charge in [0, 0.05) is 12.3 Å². The maximum absolute atomic E-state index is 12.9. The van der Waals surface area contributed by atoms with Gasteiger partial charge in [-0.05, 0) is 128 Å². The summed E-state index contributed by atoms with van der Waals surface area (Å²) in [5.74, 6) is 5.03. The molecule has 1 spiro atoms. The molecular weight excluding hydrogens is 500 g/mol. The molecule has 0 bridgehead atoms. The molecule has 5 heteroatoms. The predicted molar refractivity (Wildman–Crippen MR) is 154 cm³/mol. The lowest BCUT2D eigenvalue weighted by Gasteiger charge is -2.61. The van der Waals surface area contributed by atoms with Crippen LogP contribution in [0.4, 0.5) is 0 Å². The summed E-state index contributed by atoms with van der Waals surface area (Å²) in [5, 5.41) is 0. The summed E-state index contributed by atoms with van der Waals surface area (Å²) in [4.78, 5) is 12.9. The highest BCUT2D eigenvalue weighted by Crippen LogP contribution is 2.71. The fourth-order valence-corrected chi connectivity index (χ4v) is 11.3. The Bertz CT molecular complexity index is 1110. The summed E-state index contributed by atoms with van der Waals surface area (Å²) >= 11 is 0. The van der Waals surface area contributed by atoms with Crippen LogP contribution in [0.15, 0.2) is 24.3 Å². The number of rotatable bonds is 3. The number of benzene rings is 1. The van der Waals surface area contributed by atoms with Crippen LogP contribution in [0.1, 0.15) is 102 Å². The van der Waals surface area contributed by atoms with E-state index in [2.05, 4.69) is 27.7 Å². The highest BCUT2D eigenvalue weighted by atomic mass is 16.7. The average Bonchev–Trinajstić information content (AvgIpc) is 3.40. The minimum absolute atomic E-state index is 0.0348. The standard InChI is InChI=1S/C35H50O5/c1-21-12-17-35(38-20-21)22(2)31-30(40-35)19-29-27-11-8-24-18-26(39-32(36)23-6-9-25(37-5)10-7-23)13-15-33(24,3)28(27)14-16-34(29,31)4/h6-7,9-10,21-22,24,26-31H,8,11-20H2,1-5H3/t21-,22-,24+,26+,27-,28+,29+,30+,31+,33+,34+,35-/m1/s1. The number of carbonyl (C=O) groups is 1. The summed E-state index contributed by atoms with van der Waals surface area (Å²) in [6, 6.07) is 7.28. The van der Waals surface area contributed by atoms with E-state index in [-0.39, 0.29) is 17.9 Å². The molecule has 0 unspecified atom stereocenters. The monoisotopic (exact) mass is 550 g/mol. The van der Waals surface area contributed by atoms with E-state index in [0.29, 0.717) is 46.2 Å². The van der Waals surface area contributed by atoms with Crippen LogP contribution in [0, 0.1) is 52.3 Å². The van der Waals surface area contributed by atoms with Crippen molar-refractivity contribution >= 4 is 5.97 Å². The molecule has 6 fully saturated rings. The SMILES string of the molecule is COc1ccc(C(=O)O[C@H]2CC[C@@]3(C)[C@@H](CC[C@@H]4[C@@H]3CC[C@]3(C)[C@@H]5[C@H](C[C@@H]43)O[C@]3(CC[C@@H](C)CO3)[C@@H]5C)C2)cc1. The first kappa shape index (κ1) is 27.3. The minimum atomic E-state index is -0.321. The highest BCUT2D eigenvalue weighted by molar-refractivity contribution is 5.89. The molecule has 0 N–H and O–H groups in total. The fraction of sp³-hybridized carbons (Fsp3) is 0.800. The third kappa shape index (κ3) is 4.03. The number of esters is 1. The quantitative estimate of drug-likeness (QED) is 0.362. The molecule has 2 aliphatic heterocycles. The zero-order chi connectivity index (χ0) is 27.9. The molecule has 6 aliphatic rings. The van der Waals surface area contributed by atoms with Gasteiger partial charge in [0.1, 0.15) is 11.9 Å². The van der Waals surface area contributed by atoms with Gasteiger partial charge in [0.05, 0.1) is 25.4 Å². The van der Waals surface area contributed by atoms with Crippen molar-refractivity contribution in [3.63, 3.8) is 0 Å². The van der Waals surface area contributed by atoms with Crippen molar-refractivity contribution < 1.29 is 23.7 Å². The second-order valence-corrected chi connectivity index (χ2v) is 15.2. The van der Waals surface area contributed by atoms with E-state index in [4.69, 9.17) is 18.9 Å². The number of methoxy groups -OCH3 is 1. The predicted octanol–water partition coefficient (Wildman–Crippen LogP) is 7.67. The van der Waals surface area contributed by atoms with E-state index < -0.39 is 0 Å². The lowest BCUT2D eigenvalue weighted by atomic mass is 9.44. The number of carbonyl (C=O) groups excluding carboxylic acids is 1. The van der Waals surface area contributed by atoms with Crippen LogP contribution >= 0.6 is 0 Å². The number of hydrogen-bond acceptors (Lipinski definition) is 5. The van der Waals surface area contributed by atoms with Crippen LogP contribution in [0.2, 0.25) is 0 Å². The fourth-order valence-electron chi connectivity index (χ4n) is 11.3. The number of ether oxygens (including phenoxy) is 4. The van der Waals surface area contributed by atoms with Crippen molar-refractivity contribution in [2.75, 3.05) is 13.7 Å². The first-order valence-corrected chi connectivity index (χ1v) is 16.3. The van der Waals surface area contributed by atoms with Crippen LogP contribution in [-0.2, 0) is 14.2 Å². The van der Waals surface area contributed by atoms with Gasteiger partial charge in [-0.25, -0.2) is 4.79 Å². The summed E-state index contributed by atoms with van der Waals surface area (Å²) in [5.41, 5.74) is 1.35. The molecule has 7 rings (SSSR count). The van der Waals surface area contributed by atoms with Crippen molar-refractivity contribution in [1.82, 2.24) is 0 Å². The van der Waals surface area contributed by atoms with Crippen molar-refractivity contribution in [1.29, 1.82) is 0 Å². The van der Waals surface area contributed by atoms with Gasteiger partial charge in [0.2, 0.25) is 0 Å². The average molecular weight is 551 g/mol. The summed E-state index contributed by atoms with van der Waals surface area (Å²) in [7, 11) is 1.64. The van der Waals surface area contributed by atoms with Crippen LogP contribution in [-0.4, -0.2) is 37.7 Å². The van der Waals surface area contributed by atoms with Gasteiger partial charge in [0.25, 0.3) is 0 Å². The Labute approximate surface area is 241 Å². The van der Waals surface area contributed by atoms with E-state index in [9.17, 15) is 4.79 Å². The lowest BCUT2D eigenvalue weighted by molar-refractivity contribution is -0.273. The Hall–Kier alpha value is -1.59. The Morgan fingerprint density at radius 3 is 2.40 bits per heavy atom. The highest BCUT2D eigenvalue weighted by Gasteiger charge is 2.69. The third-order valence-electron chi connectivity index (χ3n) is 13.5. The van der Waals surface area contributed by atoms with Crippen molar-refractivity contribution in [2.24, 2.45) is 52.3 Å². The topological polar surface area (TPSA) is 54.0 Å². The molecule has 2 saturated heterocycles. The second-order valence-electron chi connectivity index (χ2n) is 15.2. The van der Waals surface area contributed by atoms with Gasteiger partial charge in [-0.1, -0.05) is 27.7 Å². The van der Waals surface area contributed by atoms with Crippen LogP contribution in [0.25, 0.3) is 0 Å². The van der Waals surface area contributed by atoms with Gasteiger partial charge in [-0.3, -0.25) is 0 Å². The lowest BCUT2D eigenvalue weighted by Crippen LogP contribution is -2.55. The summed E-state index contributed by atoms with van der Waals surface area (Å²) < 4.78 is 24.8. The Morgan fingerprint density at radius 2 is 1.68 bits per heavy atom. The van der Waals surface area contributed by atoms with E-state index >= 15 is 0 Å². The zero-order valence-electron chi connectivity index (χ0n) is 25.3. The molecular formula is C35H50O5. The normalized spacial score (nSPS) is 49.5. The molecule has 40 heavy (non-hydrogen) atoms. The van der Waals surface area contributed by atoms with Crippen LogP contribution in [0.5, 0.6) is 5.75 Å². The maximum atomic E-state index is 12.9. The smallest absolute Gasteiger partial charge is 0.338 e. The molecule has 2 heterocycles. The van der Waals surface area contributed by atoms with Crippen LogP contribution in [0.3, 0.4) is 0 Å². The van der Waals surface area contributed by atoms with Gasteiger partial charge >= 0.3 is 5.97 Å². The maximum Gasteiger partial charge on any atom is 0.338 e. The van der Waals surface area contributed by atoms with Gasteiger partial charge in [-0.2, -0.15) is 0 Å². The molecule has 220 valence electrons. The first-order valence-electron chi connectivity index (χ1n) is 16.3. The van der Waals surface area contributed by atoms with E-state index in [1.54, 1.807) is 7.11 Å². The molecule has 0 amide bonds. The van der Waals surface area contributed by atoms with Crippen molar-refractivity contribution in [3.05, 3.63) is 29.8 Å². The minimum Gasteiger partial charge on any atom is -0.497 e. The summed E-state index contributed by atoms with van der Waals surface area (Å²) in [6.45, 7) is 10.8.